The molecule has 1 aromatic rings. The first kappa shape index (κ1) is 17.8. The third-order valence-electron chi connectivity index (χ3n) is 4.87. The van der Waals surface area contributed by atoms with Crippen molar-refractivity contribution in [2.45, 2.75) is 39.2 Å². The normalized spacial score (nSPS) is 21.2. The van der Waals surface area contributed by atoms with Crippen LogP contribution in [0.4, 0.5) is 4.79 Å². The van der Waals surface area contributed by atoms with Gasteiger partial charge in [-0.05, 0) is 57.6 Å². The van der Waals surface area contributed by atoms with E-state index in [9.17, 15) is 9.59 Å². The first-order valence-corrected chi connectivity index (χ1v) is 9.14. The van der Waals surface area contributed by atoms with Crippen molar-refractivity contribution in [1.82, 2.24) is 9.80 Å². The molecule has 2 aliphatic rings. The van der Waals surface area contributed by atoms with Crippen molar-refractivity contribution in [1.29, 1.82) is 0 Å². The molecule has 0 aromatic heterocycles. The Labute approximate surface area is 149 Å². The number of likely N-dealkylation sites (tertiary alicyclic amines) is 2. The Bertz CT molecular complexity index is 618. The number of hydrogen-bond donors (Lipinski definition) is 0. The third kappa shape index (κ3) is 4.53. The highest BCUT2D eigenvalue weighted by Crippen LogP contribution is 2.30. The van der Waals surface area contributed by atoms with Crippen LogP contribution in [-0.2, 0) is 4.74 Å². The lowest BCUT2D eigenvalue weighted by molar-refractivity contribution is -0.00422. The largest absolute Gasteiger partial charge is 0.444 e. The van der Waals surface area contributed by atoms with E-state index in [-0.39, 0.29) is 12.0 Å². The van der Waals surface area contributed by atoms with Crippen molar-refractivity contribution in [3.8, 4) is 0 Å². The van der Waals surface area contributed by atoms with Crippen molar-refractivity contribution >= 4 is 12.0 Å². The van der Waals surface area contributed by atoms with Gasteiger partial charge in [0, 0.05) is 31.7 Å². The summed E-state index contributed by atoms with van der Waals surface area (Å²) in [5.41, 5.74) is 0.328. The van der Waals surface area contributed by atoms with E-state index in [0.717, 1.165) is 44.6 Å². The minimum absolute atomic E-state index is 0.132. The fourth-order valence-corrected chi connectivity index (χ4v) is 3.64. The molecule has 0 aliphatic carbocycles. The Balaban J connectivity index is 1.41. The standard InChI is InChI=1S/C20H28N2O3/c1-20(2,3)25-19(24)22-13-16(14-22)11-15-9-10-21(12-15)18(23)17-7-5-4-6-8-17/h4-8,15-16H,9-14H2,1-3H3/t15-/m1/s1. The first-order chi connectivity index (χ1) is 11.8. The second-order valence-electron chi connectivity index (χ2n) is 8.26. The van der Waals surface area contributed by atoms with Crippen LogP contribution in [0.1, 0.15) is 44.0 Å². The smallest absolute Gasteiger partial charge is 0.410 e. The van der Waals surface area contributed by atoms with Crippen molar-refractivity contribution in [3.05, 3.63) is 35.9 Å². The molecule has 2 fully saturated rings. The molecule has 136 valence electrons. The van der Waals surface area contributed by atoms with Crippen molar-refractivity contribution in [3.63, 3.8) is 0 Å². The number of amides is 2. The third-order valence-corrected chi connectivity index (χ3v) is 4.87. The highest BCUT2D eigenvalue weighted by atomic mass is 16.6. The lowest BCUT2D eigenvalue weighted by Gasteiger charge is -2.40. The quantitative estimate of drug-likeness (QED) is 0.844. The lowest BCUT2D eigenvalue weighted by Crippen LogP contribution is -2.52. The summed E-state index contributed by atoms with van der Waals surface area (Å²) < 4.78 is 5.39. The molecule has 2 aliphatic heterocycles. The zero-order valence-electron chi connectivity index (χ0n) is 15.4. The molecule has 5 heteroatoms. The summed E-state index contributed by atoms with van der Waals surface area (Å²) in [6.45, 7) is 8.88. The van der Waals surface area contributed by atoms with Gasteiger partial charge in [-0.1, -0.05) is 18.2 Å². The van der Waals surface area contributed by atoms with Gasteiger partial charge < -0.3 is 14.5 Å². The summed E-state index contributed by atoms with van der Waals surface area (Å²) in [5, 5.41) is 0. The average molecular weight is 344 g/mol. The van der Waals surface area contributed by atoms with Crippen LogP contribution in [0.15, 0.2) is 30.3 Å². The minimum Gasteiger partial charge on any atom is -0.444 e. The molecule has 1 atom stereocenters. The summed E-state index contributed by atoms with van der Waals surface area (Å²) >= 11 is 0. The van der Waals surface area contributed by atoms with Crippen LogP contribution in [0.5, 0.6) is 0 Å². The zero-order chi connectivity index (χ0) is 18.0. The van der Waals surface area contributed by atoms with Crippen molar-refractivity contribution < 1.29 is 14.3 Å². The fourth-order valence-electron chi connectivity index (χ4n) is 3.64. The molecular weight excluding hydrogens is 316 g/mol. The summed E-state index contributed by atoms with van der Waals surface area (Å²) in [6.07, 6.45) is 1.93. The SMILES string of the molecule is CC(C)(C)OC(=O)N1CC(C[C@H]2CCN(C(=O)c3ccccc3)C2)C1. The molecule has 0 spiro atoms. The predicted octanol–water partition coefficient (Wildman–Crippen LogP) is 3.41. The Morgan fingerprint density at radius 3 is 2.32 bits per heavy atom. The van der Waals surface area contributed by atoms with E-state index in [0.29, 0.717) is 11.8 Å². The van der Waals surface area contributed by atoms with Crippen LogP contribution < -0.4 is 0 Å². The molecule has 0 unspecified atom stereocenters. The molecule has 0 bridgehead atoms. The summed E-state index contributed by atoms with van der Waals surface area (Å²) in [7, 11) is 0. The highest BCUT2D eigenvalue weighted by Gasteiger charge is 2.36. The molecule has 1 aromatic carbocycles. The fraction of sp³-hybridized carbons (Fsp3) is 0.600. The summed E-state index contributed by atoms with van der Waals surface area (Å²) in [6, 6.07) is 9.48. The van der Waals surface area contributed by atoms with Crippen LogP contribution in [0.25, 0.3) is 0 Å². The zero-order valence-corrected chi connectivity index (χ0v) is 15.4. The molecule has 2 amide bonds. The van der Waals surface area contributed by atoms with E-state index in [1.165, 1.54) is 0 Å². The van der Waals surface area contributed by atoms with Gasteiger partial charge in [0.1, 0.15) is 5.60 Å². The average Bonchev–Trinajstić information content (AvgIpc) is 2.97. The maximum absolute atomic E-state index is 12.5. The van der Waals surface area contributed by atoms with Gasteiger partial charge >= 0.3 is 6.09 Å². The Morgan fingerprint density at radius 1 is 1.04 bits per heavy atom. The second kappa shape index (κ2) is 7.06. The maximum Gasteiger partial charge on any atom is 0.410 e. The van der Waals surface area contributed by atoms with E-state index in [1.54, 1.807) is 4.90 Å². The Hall–Kier alpha value is -2.04. The van der Waals surface area contributed by atoms with Gasteiger partial charge in [0.25, 0.3) is 5.91 Å². The summed E-state index contributed by atoms with van der Waals surface area (Å²) in [5.74, 6) is 1.20. The molecule has 0 radical (unpaired) electrons. The number of ether oxygens (including phenoxy) is 1. The number of hydrogen-bond acceptors (Lipinski definition) is 3. The van der Waals surface area contributed by atoms with Crippen molar-refractivity contribution in [2.24, 2.45) is 11.8 Å². The number of rotatable bonds is 3. The molecular formula is C20H28N2O3. The Morgan fingerprint density at radius 2 is 1.68 bits per heavy atom. The van der Waals surface area contributed by atoms with E-state index in [4.69, 9.17) is 4.74 Å². The van der Waals surface area contributed by atoms with Crippen LogP contribution in [0, 0.1) is 11.8 Å². The first-order valence-electron chi connectivity index (χ1n) is 9.14. The van der Waals surface area contributed by atoms with Gasteiger partial charge in [0.15, 0.2) is 0 Å². The molecule has 0 N–H and O–H groups in total. The molecule has 25 heavy (non-hydrogen) atoms. The van der Waals surface area contributed by atoms with Gasteiger partial charge in [-0.25, -0.2) is 4.79 Å². The second-order valence-corrected chi connectivity index (χ2v) is 8.26. The van der Waals surface area contributed by atoms with Crippen LogP contribution in [-0.4, -0.2) is 53.6 Å². The maximum atomic E-state index is 12.5. The van der Waals surface area contributed by atoms with Crippen molar-refractivity contribution in [2.75, 3.05) is 26.2 Å². The molecule has 2 saturated heterocycles. The van der Waals surface area contributed by atoms with Crippen LogP contribution in [0.2, 0.25) is 0 Å². The number of carbonyl (C=O) groups excluding carboxylic acids is 2. The van der Waals surface area contributed by atoms with Gasteiger partial charge in [-0.2, -0.15) is 0 Å². The minimum atomic E-state index is -0.439. The molecule has 3 rings (SSSR count). The monoisotopic (exact) mass is 344 g/mol. The number of carbonyl (C=O) groups is 2. The van der Waals surface area contributed by atoms with Crippen LogP contribution >= 0.6 is 0 Å². The lowest BCUT2D eigenvalue weighted by atomic mass is 9.88. The summed E-state index contributed by atoms with van der Waals surface area (Å²) in [4.78, 5) is 28.2. The van der Waals surface area contributed by atoms with E-state index >= 15 is 0 Å². The van der Waals surface area contributed by atoms with Gasteiger partial charge in [0.2, 0.25) is 0 Å². The number of benzene rings is 1. The molecule has 2 heterocycles. The highest BCUT2D eigenvalue weighted by molar-refractivity contribution is 5.94. The van der Waals surface area contributed by atoms with Gasteiger partial charge in [-0.3, -0.25) is 4.79 Å². The van der Waals surface area contributed by atoms with E-state index < -0.39 is 5.60 Å². The van der Waals surface area contributed by atoms with E-state index in [2.05, 4.69) is 0 Å². The molecule has 5 nitrogen and oxygen atoms in total. The van der Waals surface area contributed by atoms with Gasteiger partial charge in [-0.15, -0.1) is 0 Å². The van der Waals surface area contributed by atoms with Crippen LogP contribution in [0.3, 0.4) is 0 Å². The Kier molecular flexibility index (Phi) is 5.02. The van der Waals surface area contributed by atoms with Gasteiger partial charge in [0.05, 0.1) is 0 Å². The van der Waals surface area contributed by atoms with E-state index in [1.807, 2.05) is 56.0 Å². The topological polar surface area (TPSA) is 49.9 Å². The number of nitrogens with zero attached hydrogens (tertiary/aromatic N) is 2. The predicted molar refractivity (Wildman–Crippen MR) is 96.4 cm³/mol. The molecule has 0 saturated carbocycles.